The van der Waals surface area contributed by atoms with E-state index in [4.69, 9.17) is 5.11 Å². The molecule has 0 aliphatic rings. The molecule has 0 aliphatic heterocycles. The van der Waals surface area contributed by atoms with Gasteiger partial charge in [-0.2, -0.15) is 0 Å². The number of rotatable bonds is 4. The van der Waals surface area contributed by atoms with Crippen LogP contribution in [-0.2, 0) is 16.1 Å². The van der Waals surface area contributed by atoms with Crippen molar-refractivity contribution in [2.45, 2.75) is 13.0 Å². The largest absolute Gasteiger partial charge is 0.469 e. The minimum atomic E-state index is -0.262. The van der Waals surface area contributed by atoms with Crippen LogP contribution in [0.2, 0.25) is 0 Å². The fourth-order valence-electron chi connectivity index (χ4n) is 0.993. The van der Waals surface area contributed by atoms with Crippen LogP contribution in [0.4, 0.5) is 0 Å². The summed E-state index contributed by atoms with van der Waals surface area (Å²) < 4.78 is 4.49. The minimum absolute atomic E-state index is 0.0373. The molecule has 1 heterocycles. The van der Waals surface area contributed by atoms with Gasteiger partial charge in [-0.05, 0) is 17.0 Å². The van der Waals surface area contributed by atoms with Crippen LogP contribution in [0.15, 0.2) is 17.5 Å². The average molecular weight is 212 g/mol. The second-order valence-electron chi connectivity index (χ2n) is 2.64. The van der Waals surface area contributed by atoms with E-state index in [1.54, 1.807) is 6.08 Å². The van der Waals surface area contributed by atoms with Gasteiger partial charge in [-0.15, -0.1) is 11.3 Å². The molecule has 0 saturated heterocycles. The maximum Gasteiger partial charge on any atom is 0.309 e. The molecule has 0 aromatic carbocycles. The van der Waals surface area contributed by atoms with Gasteiger partial charge in [-0.25, -0.2) is 0 Å². The first-order valence-corrected chi connectivity index (χ1v) is 5.06. The topological polar surface area (TPSA) is 46.5 Å². The summed E-state index contributed by atoms with van der Waals surface area (Å²) in [4.78, 5) is 11.7. The Morgan fingerprint density at radius 2 is 2.50 bits per heavy atom. The summed E-state index contributed by atoms with van der Waals surface area (Å²) >= 11 is 1.50. The van der Waals surface area contributed by atoms with Gasteiger partial charge in [0, 0.05) is 4.88 Å². The summed E-state index contributed by atoms with van der Waals surface area (Å²) in [6.45, 7) is 0.0373. The van der Waals surface area contributed by atoms with Crippen molar-refractivity contribution in [3.63, 3.8) is 0 Å². The number of hydrogen-bond donors (Lipinski definition) is 1. The number of carbonyl (C=O) groups is 1. The summed E-state index contributed by atoms with van der Waals surface area (Å²) in [6, 6.07) is 1.91. The highest BCUT2D eigenvalue weighted by Gasteiger charge is 1.99. The molecule has 1 aromatic heterocycles. The molecule has 1 N–H and O–H groups in total. The number of carbonyl (C=O) groups excluding carboxylic acids is 1. The van der Waals surface area contributed by atoms with E-state index < -0.39 is 0 Å². The number of thiophene rings is 1. The van der Waals surface area contributed by atoms with E-state index in [0.717, 1.165) is 10.4 Å². The first-order chi connectivity index (χ1) is 6.77. The van der Waals surface area contributed by atoms with Crippen molar-refractivity contribution < 1.29 is 14.6 Å². The van der Waals surface area contributed by atoms with Gasteiger partial charge in [0.1, 0.15) is 0 Å². The Kier molecular flexibility index (Phi) is 4.35. The molecule has 0 radical (unpaired) electrons. The molecule has 1 aromatic rings. The van der Waals surface area contributed by atoms with Gasteiger partial charge >= 0.3 is 5.97 Å². The van der Waals surface area contributed by atoms with Crippen molar-refractivity contribution in [3.8, 4) is 0 Å². The summed E-state index contributed by atoms with van der Waals surface area (Å²) in [7, 11) is 1.36. The van der Waals surface area contributed by atoms with E-state index >= 15 is 0 Å². The van der Waals surface area contributed by atoms with E-state index in [-0.39, 0.29) is 19.0 Å². The molecule has 0 atom stereocenters. The third-order valence-corrected chi connectivity index (χ3v) is 2.65. The van der Waals surface area contributed by atoms with Gasteiger partial charge in [0.15, 0.2) is 0 Å². The third-order valence-electron chi connectivity index (χ3n) is 1.73. The number of methoxy groups -OCH3 is 1. The molecular formula is C10H12O3S. The van der Waals surface area contributed by atoms with Crippen LogP contribution >= 0.6 is 11.3 Å². The third kappa shape index (κ3) is 2.97. The van der Waals surface area contributed by atoms with Crippen molar-refractivity contribution in [2.24, 2.45) is 0 Å². The van der Waals surface area contributed by atoms with Gasteiger partial charge in [-0.3, -0.25) is 4.79 Å². The standard InChI is InChI=1S/C10H12O3S/c1-13-10(12)4-2-3-8-5-6-14-9(8)7-11/h2-3,5-6,11H,4,7H2,1H3. The van der Waals surface area contributed by atoms with Crippen LogP contribution in [0.25, 0.3) is 6.08 Å². The smallest absolute Gasteiger partial charge is 0.309 e. The number of esters is 1. The predicted octanol–water partition coefficient (Wildman–Crippen LogP) is 1.82. The predicted molar refractivity (Wildman–Crippen MR) is 55.9 cm³/mol. The molecule has 0 amide bonds. The summed E-state index contributed by atoms with van der Waals surface area (Å²) in [5.41, 5.74) is 0.960. The van der Waals surface area contributed by atoms with E-state index in [1.807, 2.05) is 17.5 Å². The zero-order chi connectivity index (χ0) is 10.4. The van der Waals surface area contributed by atoms with Crippen LogP contribution < -0.4 is 0 Å². The quantitative estimate of drug-likeness (QED) is 0.774. The molecule has 0 unspecified atom stereocenters. The van der Waals surface area contributed by atoms with Gasteiger partial charge in [0.2, 0.25) is 0 Å². The number of aliphatic hydroxyl groups is 1. The van der Waals surface area contributed by atoms with Crippen LogP contribution in [0.5, 0.6) is 0 Å². The lowest BCUT2D eigenvalue weighted by Gasteiger charge is -1.94. The van der Waals surface area contributed by atoms with Crippen molar-refractivity contribution in [2.75, 3.05) is 7.11 Å². The molecule has 14 heavy (non-hydrogen) atoms. The fourth-order valence-corrected chi connectivity index (χ4v) is 1.72. The zero-order valence-electron chi connectivity index (χ0n) is 7.90. The van der Waals surface area contributed by atoms with Crippen molar-refractivity contribution in [3.05, 3.63) is 28.0 Å². The van der Waals surface area contributed by atoms with Gasteiger partial charge < -0.3 is 9.84 Å². The lowest BCUT2D eigenvalue weighted by Crippen LogP contribution is -1.96. The monoisotopic (exact) mass is 212 g/mol. The summed E-state index contributed by atoms with van der Waals surface area (Å²) in [5, 5.41) is 10.9. The molecular weight excluding hydrogens is 200 g/mol. The van der Waals surface area contributed by atoms with Gasteiger partial charge in [0.25, 0.3) is 0 Å². The molecule has 1 rings (SSSR count). The maximum absolute atomic E-state index is 10.8. The molecule has 0 spiro atoms. The zero-order valence-corrected chi connectivity index (χ0v) is 8.71. The second kappa shape index (κ2) is 5.57. The first-order valence-electron chi connectivity index (χ1n) is 4.18. The van der Waals surface area contributed by atoms with E-state index in [9.17, 15) is 4.79 Å². The molecule has 0 saturated carbocycles. The molecule has 0 aliphatic carbocycles. The number of aliphatic hydroxyl groups excluding tert-OH is 1. The fraction of sp³-hybridized carbons (Fsp3) is 0.300. The van der Waals surface area contributed by atoms with E-state index in [0.29, 0.717) is 0 Å². The Labute approximate surface area is 86.6 Å². The number of hydrogen-bond acceptors (Lipinski definition) is 4. The highest BCUT2D eigenvalue weighted by molar-refractivity contribution is 7.10. The lowest BCUT2D eigenvalue weighted by atomic mass is 10.2. The normalized spacial score (nSPS) is 10.7. The average Bonchev–Trinajstić information content (AvgIpc) is 2.65. The maximum atomic E-state index is 10.8. The highest BCUT2D eigenvalue weighted by atomic mass is 32.1. The SMILES string of the molecule is COC(=O)CC=Cc1ccsc1CO. The van der Waals surface area contributed by atoms with Crippen molar-refractivity contribution in [1.82, 2.24) is 0 Å². The molecule has 76 valence electrons. The Morgan fingerprint density at radius 1 is 1.71 bits per heavy atom. The Balaban J connectivity index is 2.55. The van der Waals surface area contributed by atoms with E-state index in [2.05, 4.69) is 4.74 Å². The minimum Gasteiger partial charge on any atom is -0.469 e. The van der Waals surface area contributed by atoms with Gasteiger partial charge in [-0.1, -0.05) is 12.2 Å². The Hall–Kier alpha value is -1.13. The first kappa shape index (κ1) is 10.9. The van der Waals surface area contributed by atoms with Crippen LogP contribution in [0, 0.1) is 0 Å². The van der Waals surface area contributed by atoms with Crippen LogP contribution in [0.1, 0.15) is 16.9 Å². The summed E-state index contributed by atoms with van der Waals surface area (Å²) in [6.07, 6.45) is 3.81. The molecule has 3 nitrogen and oxygen atoms in total. The molecule has 0 bridgehead atoms. The van der Waals surface area contributed by atoms with Crippen molar-refractivity contribution in [1.29, 1.82) is 0 Å². The van der Waals surface area contributed by atoms with Crippen LogP contribution in [0.3, 0.4) is 0 Å². The van der Waals surface area contributed by atoms with Gasteiger partial charge in [0.05, 0.1) is 20.1 Å². The second-order valence-corrected chi connectivity index (χ2v) is 3.64. The molecule has 4 heteroatoms. The molecule has 0 fully saturated rings. The number of ether oxygens (including phenoxy) is 1. The highest BCUT2D eigenvalue weighted by Crippen LogP contribution is 2.18. The Bertz CT molecular complexity index is 328. The van der Waals surface area contributed by atoms with Crippen LogP contribution in [-0.4, -0.2) is 18.2 Å². The Morgan fingerprint density at radius 3 is 3.14 bits per heavy atom. The van der Waals surface area contributed by atoms with Crippen molar-refractivity contribution >= 4 is 23.4 Å². The van der Waals surface area contributed by atoms with E-state index in [1.165, 1.54) is 18.4 Å². The summed E-state index contributed by atoms with van der Waals surface area (Å²) in [5.74, 6) is -0.262. The lowest BCUT2D eigenvalue weighted by molar-refractivity contribution is -0.139.